The molecule has 0 N–H and O–H groups in total. The number of hydrogen-bond acceptors (Lipinski definition) is 1. The molecule has 0 aliphatic carbocycles. The quantitative estimate of drug-likeness (QED) is 0.377. The van der Waals surface area contributed by atoms with E-state index in [9.17, 15) is 0 Å². The van der Waals surface area contributed by atoms with Crippen molar-refractivity contribution in [3.63, 3.8) is 0 Å². The Kier molecular flexibility index (Phi) is 9.85. The van der Waals surface area contributed by atoms with Crippen molar-refractivity contribution >= 4 is 0 Å². The lowest BCUT2D eigenvalue weighted by Crippen LogP contribution is -2.40. The first-order valence-electron chi connectivity index (χ1n) is 9.40. The van der Waals surface area contributed by atoms with Crippen molar-refractivity contribution in [3.8, 4) is 0 Å². The molecule has 0 saturated carbocycles. The number of ether oxygens (including phenoxy) is 1. The van der Waals surface area contributed by atoms with Gasteiger partial charge >= 0.3 is 0 Å². The van der Waals surface area contributed by atoms with Crippen molar-refractivity contribution in [2.24, 2.45) is 10.8 Å². The van der Waals surface area contributed by atoms with Crippen LogP contribution in [0.3, 0.4) is 0 Å². The Morgan fingerprint density at radius 2 is 1.00 bits per heavy atom. The number of rotatable bonds is 12. The Labute approximate surface area is 135 Å². The third-order valence-electron chi connectivity index (χ3n) is 5.53. The third-order valence-corrected chi connectivity index (χ3v) is 5.53. The molecule has 1 heteroatoms. The van der Waals surface area contributed by atoms with Crippen LogP contribution in [0.1, 0.15) is 107 Å². The van der Waals surface area contributed by atoms with E-state index in [2.05, 4.69) is 55.4 Å². The van der Waals surface area contributed by atoms with Crippen molar-refractivity contribution in [2.75, 3.05) is 0 Å². The van der Waals surface area contributed by atoms with E-state index in [-0.39, 0.29) is 10.8 Å². The topological polar surface area (TPSA) is 9.23 Å². The predicted octanol–water partition coefficient (Wildman–Crippen LogP) is 6.99. The van der Waals surface area contributed by atoms with Crippen LogP contribution in [0.25, 0.3) is 0 Å². The minimum absolute atomic E-state index is 0.281. The van der Waals surface area contributed by atoms with E-state index < -0.39 is 0 Å². The fourth-order valence-electron chi connectivity index (χ4n) is 2.72. The van der Waals surface area contributed by atoms with Gasteiger partial charge in [-0.15, -0.1) is 0 Å². The molecular formula is C20H42O. The summed E-state index contributed by atoms with van der Waals surface area (Å²) in [6, 6.07) is 0. The highest BCUT2D eigenvalue weighted by Gasteiger charge is 2.35. The van der Waals surface area contributed by atoms with E-state index in [1.54, 1.807) is 0 Å². The van der Waals surface area contributed by atoms with E-state index in [4.69, 9.17) is 4.74 Å². The molecule has 128 valence electrons. The Morgan fingerprint density at radius 1 is 0.667 bits per heavy atom. The van der Waals surface area contributed by atoms with Crippen LogP contribution >= 0.6 is 0 Å². The molecule has 0 bridgehead atoms. The van der Waals surface area contributed by atoms with Gasteiger partial charge in [-0.3, -0.25) is 0 Å². The molecule has 21 heavy (non-hydrogen) atoms. The zero-order valence-electron chi connectivity index (χ0n) is 16.2. The van der Waals surface area contributed by atoms with Crippen LogP contribution in [-0.4, -0.2) is 12.2 Å². The molecule has 2 unspecified atom stereocenters. The standard InChI is InChI=1S/C20H42O/c1-9-13-15-17(19(5,6)11-3)21-18(16-14-10-2)20(7,8)12-4/h17-18H,9-16H2,1-8H3. The summed E-state index contributed by atoms with van der Waals surface area (Å²) >= 11 is 0. The predicted molar refractivity (Wildman–Crippen MR) is 95.9 cm³/mol. The van der Waals surface area contributed by atoms with Crippen LogP contribution in [0.15, 0.2) is 0 Å². The van der Waals surface area contributed by atoms with Gasteiger partial charge in [-0.1, -0.05) is 81.1 Å². The average Bonchev–Trinajstić information content (AvgIpc) is 2.45. The van der Waals surface area contributed by atoms with E-state index in [1.807, 2.05) is 0 Å². The number of hydrogen-bond donors (Lipinski definition) is 0. The van der Waals surface area contributed by atoms with Crippen LogP contribution < -0.4 is 0 Å². The molecule has 0 aliphatic rings. The molecule has 0 aromatic heterocycles. The molecule has 0 aromatic rings. The van der Waals surface area contributed by atoms with Crippen molar-refractivity contribution in [1.82, 2.24) is 0 Å². The van der Waals surface area contributed by atoms with E-state index in [0.717, 1.165) is 0 Å². The molecule has 0 heterocycles. The van der Waals surface area contributed by atoms with Crippen LogP contribution in [0, 0.1) is 10.8 Å². The summed E-state index contributed by atoms with van der Waals surface area (Å²) in [5, 5.41) is 0. The molecule has 0 aromatic carbocycles. The number of unbranched alkanes of at least 4 members (excludes halogenated alkanes) is 2. The lowest BCUT2D eigenvalue weighted by molar-refractivity contribution is -0.123. The molecule has 0 rings (SSSR count). The van der Waals surface area contributed by atoms with Crippen LogP contribution in [0.5, 0.6) is 0 Å². The maximum absolute atomic E-state index is 6.77. The smallest absolute Gasteiger partial charge is 0.0629 e. The fourth-order valence-corrected chi connectivity index (χ4v) is 2.72. The third kappa shape index (κ3) is 7.17. The summed E-state index contributed by atoms with van der Waals surface area (Å²) in [5.41, 5.74) is 0.562. The summed E-state index contributed by atoms with van der Waals surface area (Å²) in [6.45, 7) is 18.7. The highest BCUT2D eigenvalue weighted by molar-refractivity contribution is 4.84. The van der Waals surface area contributed by atoms with Crippen molar-refractivity contribution < 1.29 is 4.74 Å². The highest BCUT2D eigenvalue weighted by Crippen LogP contribution is 2.37. The van der Waals surface area contributed by atoms with Gasteiger partial charge in [0.05, 0.1) is 12.2 Å². The maximum atomic E-state index is 6.77. The zero-order chi connectivity index (χ0) is 16.5. The van der Waals surface area contributed by atoms with Crippen LogP contribution in [-0.2, 0) is 4.74 Å². The summed E-state index contributed by atoms with van der Waals surface area (Å²) in [6.07, 6.45) is 10.7. The van der Waals surface area contributed by atoms with E-state index in [0.29, 0.717) is 12.2 Å². The first kappa shape index (κ1) is 21.0. The van der Waals surface area contributed by atoms with Crippen molar-refractivity contribution in [2.45, 2.75) is 119 Å². The lowest BCUT2D eigenvalue weighted by atomic mass is 9.78. The summed E-state index contributed by atoms with van der Waals surface area (Å²) < 4.78 is 6.77. The molecular weight excluding hydrogens is 256 g/mol. The molecule has 0 fully saturated rings. The van der Waals surface area contributed by atoms with Gasteiger partial charge in [-0.25, -0.2) is 0 Å². The minimum Gasteiger partial charge on any atom is -0.374 e. The van der Waals surface area contributed by atoms with Crippen molar-refractivity contribution in [1.29, 1.82) is 0 Å². The van der Waals surface area contributed by atoms with Crippen LogP contribution in [0.4, 0.5) is 0 Å². The Hall–Kier alpha value is -0.0400. The molecule has 1 nitrogen and oxygen atoms in total. The molecule has 0 saturated heterocycles. The van der Waals surface area contributed by atoms with Gasteiger partial charge < -0.3 is 4.74 Å². The average molecular weight is 299 g/mol. The van der Waals surface area contributed by atoms with Crippen molar-refractivity contribution in [3.05, 3.63) is 0 Å². The van der Waals surface area contributed by atoms with Gasteiger partial charge in [0.25, 0.3) is 0 Å². The van der Waals surface area contributed by atoms with E-state index in [1.165, 1.54) is 51.4 Å². The highest BCUT2D eigenvalue weighted by atomic mass is 16.5. The summed E-state index contributed by atoms with van der Waals surface area (Å²) in [4.78, 5) is 0. The largest absolute Gasteiger partial charge is 0.374 e. The molecule has 0 amide bonds. The Morgan fingerprint density at radius 3 is 1.24 bits per heavy atom. The molecule has 0 aliphatic heterocycles. The fraction of sp³-hybridized carbons (Fsp3) is 1.00. The van der Waals surface area contributed by atoms with Gasteiger partial charge in [0, 0.05) is 0 Å². The molecule has 0 spiro atoms. The summed E-state index contributed by atoms with van der Waals surface area (Å²) in [7, 11) is 0. The van der Waals surface area contributed by atoms with E-state index >= 15 is 0 Å². The zero-order valence-corrected chi connectivity index (χ0v) is 16.2. The molecule has 2 atom stereocenters. The monoisotopic (exact) mass is 298 g/mol. The molecule has 0 radical (unpaired) electrons. The first-order valence-corrected chi connectivity index (χ1v) is 9.40. The second-order valence-corrected chi connectivity index (χ2v) is 8.08. The second-order valence-electron chi connectivity index (χ2n) is 8.08. The van der Waals surface area contributed by atoms with Gasteiger partial charge in [-0.2, -0.15) is 0 Å². The Balaban J connectivity index is 5.01. The summed E-state index contributed by atoms with van der Waals surface area (Å²) in [5.74, 6) is 0. The van der Waals surface area contributed by atoms with Gasteiger partial charge in [0.1, 0.15) is 0 Å². The first-order chi connectivity index (χ1) is 9.75. The SMILES string of the molecule is CCCCC(OC(CCCC)C(C)(C)CC)C(C)(C)CC. The minimum atomic E-state index is 0.281. The maximum Gasteiger partial charge on any atom is 0.0629 e. The van der Waals surface area contributed by atoms with Gasteiger partial charge in [0.15, 0.2) is 0 Å². The normalized spacial score (nSPS) is 16.0. The van der Waals surface area contributed by atoms with Crippen LogP contribution in [0.2, 0.25) is 0 Å². The lowest BCUT2D eigenvalue weighted by Gasteiger charge is -2.41. The van der Waals surface area contributed by atoms with Gasteiger partial charge in [0.2, 0.25) is 0 Å². The second kappa shape index (κ2) is 9.87. The van der Waals surface area contributed by atoms with Gasteiger partial charge in [-0.05, 0) is 36.5 Å². The Bertz CT molecular complexity index is 229.